The number of fused-ring (bicyclic) bond motifs is 2. The van der Waals surface area contributed by atoms with Gasteiger partial charge < -0.3 is 20.1 Å². The van der Waals surface area contributed by atoms with Crippen molar-refractivity contribution >= 4 is 0 Å². The van der Waals surface area contributed by atoms with E-state index < -0.39 is 17.8 Å². The van der Waals surface area contributed by atoms with Crippen LogP contribution in [0.1, 0.15) is 12.8 Å². The minimum atomic E-state index is -1.46. The first-order valence-corrected chi connectivity index (χ1v) is 4.29. The van der Waals surface area contributed by atoms with Gasteiger partial charge in [0.25, 0.3) is 0 Å². The van der Waals surface area contributed by atoms with Gasteiger partial charge in [-0.3, -0.25) is 0 Å². The average Bonchev–Trinajstić information content (AvgIpc) is 2.28. The van der Waals surface area contributed by atoms with Crippen molar-refractivity contribution in [2.45, 2.75) is 25.2 Å². The Kier molecular flexibility index (Phi) is 1.88. The number of aliphatic hydroxyl groups excluding tert-OH is 2. The molecule has 2 rings (SSSR count). The Morgan fingerprint density at radius 3 is 2.75 bits per heavy atom. The van der Waals surface area contributed by atoms with E-state index in [-0.39, 0.29) is 12.5 Å². The summed E-state index contributed by atoms with van der Waals surface area (Å²) in [5.41, 5.74) is -0.803. The zero-order chi connectivity index (χ0) is 8.77. The van der Waals surface area contributed by atoms with Gasteiger partial charge in [-0.05, 0) is 12.8 Å². The molecule has 12 heavy (non-hydrogen) atoms. The van der Waals surface area contributed by atoms with E-state index in [9.17, 15) is 5.11 Å². The Balaban J connectivity index is 2.23. The first-order chi connectivity index (χ1) is 5.67. The van der Waals surface area contributed by atoms with Crippen molar-refractivity contribution < 1.29 is 20.1 Å². The van der Waals surface area contributed by atoms with Gasteiger partial charge >= 0.3 is 0 Å². The fraction of sp³-hybridized carbons (Fsp3) is 1.00. The highest BCUT2D eigenvalue weighted by Crippen LogP contribution is 2.47. The third-order valence-corrected chi connectivity index (χ3v) is 3.23. The molecule has 0 aromatic heterocycles. The fourth-order valence-electron chi connectivity index (χ4n) is 2.32. The Hall–Kier alpha value is -0.160. The van der Waals surface area contributed by atoms with Crippen molar-refractivity contribution in [2.75, 3.05) is 13.2 Å². The Bertz CT molecular complexity index is 178. The summed E-state index contributed by atoms with van der Waals surface area (Å²) in [5, 5.41) is 28.0. The van der Waals surface area contributed by atoms with Crippen molar-refractivity contribution in [3.63, 3.8) is 0 Å². The first kappa shape index (κ1) is 8.44. The summed E-state index contributed by atoms with van der Waals surface area (Å²) in [4.78, 5) is 0. The minimum absolute atomic E-state index is 0.0977. The van der Waals surface area contributed by atoms with E-state index in [4.69, 9.17) is 14.9 Å². The number of hydrogen-bond acceptors (Lipinski definition) is 4. The zero-order valence-electron chi connectivity index (χ0n) is 6.81. The molecule has 1 saturated carbocycles. The second-order valence-electron chi connectivity index (χ2n) is 3.87. The van der Waals surface area contributed by atoms with Gasteiger partial charge in [0.05, 0.1) is 24.7 Å². The monoisotopic (exact) mass is 174 g/mol. The van der Waals surface area contributed by atoms with Gasteiger partial charge in [-0.25, -0.2) is 0 Å². The van der Waals surface area contributed by atoms with Crippen LogP contribution in [-0.2, 0) is 4.74 Å². The van der Waals surface area contributed by atoms with E-state index in [0.29, 0.717) is 13.0 Å². The van der Waals surface area contributed by atoms with Crippen molar-refractivity contribution in [1.82, 2.24) is 0 Å². The van der Waals surface area contributed by atoms with Crippen LogP contribution in [0.3, 0.4) is 0 Å². The predicted octanol–water partition coefficient (Wildman–Crippen LogP) is -0.915. The predicted molar refractivity (Wildman–Crippen MR) is 40.2 cm³/mol. The molecule has 2 fully saturated rings. The van der Waals surface area contributed by atoms with E-state index in [0.717, 1.165) is 6.42 Å². The molecule has 2 aliphatic rings. The molecular weight excluding hydrogens is 160 g/mol. The largest absolute Gasteiger partial charge is 0.392 e. The van der Waals surface area contributed by atoms with Crippen molar-refractivity contribution in [2.24, 2.45) is 11.3 Å². The number of aliphatic hydroxyl groups is 3. The SMILES string of the molecule is OC(O)C12CCC(COC1)C2O. The van der Waals surface area contributed by atoms with E-state index >= 15 is 0 Å². The van der Waals surface area contributed by atoms with Gasteiger partial charge in [-0.15, -0.1) is 0 Å². The number of ether oxygens (including phenoxy) is 1. The lowest BCUT2D eigenvalue weighted by atomic mass is 9.81. The van der Waals surface area contributed by atoms with Gasteiger partial charge in [0.1, 0.15) is 0 Å². The van der Waals surface area contributed by atoms with Crippen molar-refractivity contribution in [3.8, 4) is 0 Å². The lowest BCUT2D eigenvalue weighted by Gasteiger charge is -2.38. The Morgan fingerprint density at radius 2 is 2.17 bits per heavy atom. The number of rotatable bonds is 1. The quantitative estimate of drug-likeness (QED) is 0.450. The molecule has 2 bridgehead atoms. The molecule has 3 N–H and O–H groups in total. The highest BCUT2D eigenvalue weighted by Gasteiger charge is 2.54. The molecule has 0 spiro atoms. The van der Waals surface area contributed by atoms with Crippen LogP contribution in [0.5, 0.6) is 0 Å². The van der Waals surface area contributed by atoms with E-state index in [1.165, 1.54) is 0 Å². The van der Waals surface area contributed by atoms with Crippen LogP contribution in [0.25, 0.3) is 0 Å². The van der Waals surface area contributed by atoms with Gasteiger partial charge in [-0.2, -0.15) is 0 Å². The minimum Gasteiger partial charge on any atom is -0.392 e. The summed E-state index contributed by atoms with van der Waals surface area (Å²) >= 11 is 0. The maximum atomic E-state index is 9.73. The third-order valence-electron chi connectivity index (χ3n) is 3.23. The molecule has 0 aromatic carbocycles. The molecule has 70 valence electrons. The van der Waals surface area contributed by atoms with Crippen molar-refractivity contribution in [1.29, 1.82) is 0 Å². The van der Waals surface area contributed by atoms with Crippen LogP contribution in [-0.4, -0.2) is 40.9 Å². The molecule has 1 aliphatic carbocycles. The fourth-order valence-corrected chi connectivity index (χ4v) is 2.32. The van der Waals surface area contributed by atoms with E-state index in [2.05, 4.69) is 0 Å². The van der Waals surface area contributed by atoms with Crippen molar-refractivity contribution in [3.05, 3.63) is 0 Å². The topological polar surface area (TPSA) is 69.9 Å². The van der Waals surface area contributed by atoms with Crippen LogP contribution in [0.4, 0.5) is 0 Å². The zero-order valence-corrected chi connectivity index (χ0v) is 6.81. The summed E-state index contributed by atoms with van der Waals surface area (Å²) in [6.07, 6.45) is -0.584. The van der Waals surface area contributed by atoms with E-state index in [1.807, 2.05) is 0 Å². The second kappa shape index (κ2) is 2.67. The molecule has 4 heteroatoms. The molecule has 4 nitrogen and oxygen atoms in total. The summed E-state index contributed by atoms with van der Waals surface area (Å²) in [6, 6.07) is 0. The summed E-state index contributed by atoms with van der Waals surface area (Å²) in [7, 11) is 0. The molecule has 1 aliphatic heterocycles. The van der Waals surface area contributed by atoms with Crippen LogP contribution in [0.15, 0.2) is 0 Å². The van der Waals surface area contributed by atoms with Crippen LogP contribution < -0.4 is 0 Å². The maximum Gasteiger partial charge on any atom is 0.161 e. The molecule has 3 unspecified atom stereocenters. The average molecular weight is 174 g/mol. The lowest BCUT2D eigenvalue weighted by Crippen LogP contribution is -2.50. The Labute approximate surface area is 70.8 Å². The second-order valence-corrected chi connectivity index (χ2v) is 3.87. The van der Waals surface area contributed by atoms with E-state index in [1.54, 1.807) is 0 Å². The van der Waals surface area contributed by atoms with Gasteiger partial charge in [0, 0.05) is 5.92 Å². The summed E-state index contributed by atoms with van der Waals surface area (Å²) in [6.45, 7) is 0.817. The Morgan fingerprint density at radius 1 is 1.42 bits per heavy atom. The summed E-state index contributed by atoms with van der Waals surface area (Å²) < 4.78 is 5.21. The molecule has 3 atom stereocenters. The molecule has 0 amide bonds. The highest BCUT2D eigenvalue weighted by molar-refractivity contribution is 5.00. The lowest BCUT2D eigenvalue weighted by molar-refractivity contribution is -0.216. The smallest absolute Gasteiger partial charge is 0.161 e. The molecule has 1 saturated heterocycles. The van der Waals surface area contributed by atoms with Gasteiger partial charge in [-0.1, -0.05) is 0 Å². The molecule has 0 aromatic rings. The van der Waals surface area contributed by atoms with Gasteiger partial charge in [0.2, 0.25) is 0 Å². The highest BCUT2D eigenvalue weighted by atomic mass is 16.5. The molecular formula is C8H14O4. The van der Waals surface area contributed by atoms with Crippen LogP contribution >= 0.6 is 0 Å². The first-order valence-electron chi connectivity index (χ1n) is 4.29. The third kappa shape index (κ3) is 0.925. The number of hydrogen-bond donors (Lipinski definition) is 3. The molecule has 0 radical (unpaired) electrons. The van der Waals surface area contributed by atoms with Crippen LogP contribution in [0, 0.1) is 11.3 Å². The molecule has 1 heterocycles. The van der Waals surface area contributed by atoms with Crippen LogP contribution in [0.2, 0.25) is 0 Å². The standard InChI is InChI=1S/C8H14O4/c9-6-5-1-2-8(6,7(10)11)4-12-3-5/h5-7,9-11H,1-4H2. The van der Waals surface area contributed by atoms with Gasteiger partial charge in [0.15, 0.2) is 6.29 Å². The normalized spacial score (nSPS) is 47.0. The maximum absolute atomic E-state index is 9.73. The summed E-state index contributed by atoms with van der Waals surface area (Å²) in [5.74, 6) is 0.0977.